The Balaban J connectivity index is 0.00000198. The zero-order chi connectivity index (χ0) is 23.3. The standard InChI is InChI=1S/C20H24O6.C2H6.CH3I/c1-12(14-10-17(25-4)20(22)18(11-14)26-5)6-7-13-8-15(23-2)19(21)16(9-13)24-3;2*1-2/h6-12,21-22H,1-5H3;1-2H3;1H3/b7-6+;;. The van der Waals surface area contributed by atoms with Crippen LogP contribution >= 0.6 is 22.6 Å². The van der Waals surface area contributed by atoms with Crippen LogP contribution in [0.15, 0.2) is 30.3 Å². The van der Waals surface area contributed by atoms with Gasteiger partial charge in [0.15, 0.2) is 23.0 Å². The number of ether oxygens (including phenoxy) is 4. The van der Waals surface area contributed by atoms with Crippen LogP contribution in [0, 0.1) is 0 Å². The average Bonchev–Trinajstić information content (AvgIpc) is 2.80. The number of aromatic hydroxyl groups is 2. The van der Waals surface area contributed by atoms with E-state index < -0.39 is 0 Å². The molecule has 0 spiro atoms. The molecule has 0 heterocycles. The molecule has 0 saturated heterocycles. The van der Waals surface area contributed by atoms with Crippen molar-refractivity contribution in [1.82, 2.24) is 0 Å². The zero-order valence-electron chi connectivity index (χ0n) is 18.9. The zero-order valence-corrected chi connectivity index (χ0v) is 21.1. The van der Waals surface area contributed by atoms with Gasteiger partial charge in [-0.05, 0) is 46.2 Å². The minimum atomic E-state index is -0.0341. The minimum Gasteiger partial charge on any atom is -0.502 e. The SMILES string of the molecule is CC.CI.COc1cc(/C=C/C(C)c2cc(OC)c(O)c(OC)c2)cc(OC)c1O. The molecule has 0 aromatic heterocycles. The lowest BCUT2D eigenvalue weighted by molar-refractivity contribution is 0.339. The Kier molecular flexibility index (Phi) is 13.5. The van der Waals surface area contributed by atoms with Crippen LogP contribution in [0.25, 0.3) is 6.08 Å². The molecule has 2 rings (SSSR count). The summed E-state index contributed by atoms with van der Waals surface area (Å²) in [4.78, 5) is 1.97. The van der Waals surface area contributed by atoms with Gasteiger partial charge in [-0.1, -0.05) is 55.5 Å². The van der Waals surface area contributed by atoms with E-state index in [2.05, 4.69) is 22.6 Å². The van der Waals surface area contributed by atoms with Crippen molar-refractivity contribution in [3.8, 4) is 34.5 Å². The first-order valence-corrected chi connectivity index (χ1v) is 11.6. The summed E-state index contributed by atoms with van der Waals surface area (Å²) in [6, 6.07) is 6.98. The lowest BCUT2D eigenvalue weighted by atomic mass is 9.98. The molecular formula is C23H33IO6. The normalized spacial score (nSPS) is 10.8. The summed E-state index contributed by atoms with van der Waals surface area (Å²) in [6.45, 7) is 6.01. The fourth-order valence-corrected chi connectivity index (χ4v) is 2.55. The predicted molar refractivity (Wildman–Crippen MR) is 131 cm³/mol. The van der Waals surface area contributed by atoms with Gasteiger partial charge in [-0.25, -0.2) is 0 Å². The second-order valence-corrected chi connectivity index (χ2v) is 5.70. The molecule has 0 aliphatic carbocycles. The van der Waals surface area contributed by atoms with Gasteiger partial charge in [-0.15, -0.1) is 0 Å². The molecule has 168 valence electrons. The Morgan fingerprint density at radius 1 is 0.733 bits per heavy atom. The number of benzene rings is 2. The van der Waals surface area contributed by atoms with Crippen LogP contribution in [0.1, 0.15) is 37.8 Å². The molecule has 1 atom stereocenters. The van der Waals surface area contributed by atoms with Gasteiger partial charge < -0.3 is 29.2 Å². The number of rotatable bonds is 7. The molecule has 1 unspecified atom stereocenters. The first kappa shape index (κ1) is 27.7. The first-order chi connectivity index (χ1) is 14.4. The minimum absolute atomic E-state index is 0.0178. The summed E-state index contributed by atoms with van der Waals surface area (Å²) in [6.07, 6.45) is 3.89. The van der Waals surface area contributed by atoms with Crippen molar-refractivity contribution in [3.63, 3.8) is 0 Å². The van der Waals surface area contributed by atoms with Crippen molar-refractivity contribution < 1.29 is 29.2 Å². The lowest BCUT2D eigenvalue weighted by Gasteiger charge is -2.14. The molecule has 0 amide bonds. The van der Waals surface area contributed by atoms with Gasteiger partial charge in [0.2, 0.25) is 11.5 Å². The number of methoxy groups -OCH3 is 4. The lowest BCUT2D eigenvalue weighted by Crippen LogP contribution is -1.95. The number of hydrogen-bond donors (Lipinski definition) is 2. The molecule has 0 fully saturated rings. The van der Waals surface area contributed by atoms with Crippen LogP contribution in [-0.2, 0) is 0 Å². The molecule has 2 N–H and O–H groups in total. The second kappa shape index (κ2) is 14.7. The van der Waals surface area contributed by atoms with Gasteiger partial charge in [0.1, 0.15) is 0 Å². The van der Waals surface area contributed by atoms with Crippen molar-refractivity contribution in [2.45, 2.75) is 26.7 Å². The maximum absolute atomic E-state index is 10.0. The van der Waals surface area contributed by atoms with Crippen LogP contribution in [0.5, 0.6) is 34.5 Å². The molecule has 2 aromatic rings. The third-order valence-corrected chi connectivity index (χ3v) is 4.11. The van der Waals surface area contributed by atoms with E-state index >= 15 is 0 Å². The van der Waals surface area contributed by atoms with Gasteiger partial charge in [0, 0.05) is 0 Å². The van der Waals surface area contributed by atoms with E-state index in [9.17, 15) is 10.2 Å². The van der Waals surface area contributed by atoms with Gasteiger partial charge in [-0.3, -0.25) is 0 Å². The van der Waals surface area contributed by atoms with Crippen LogP contribution in [0.2, 0.25) is 0 Å². The predicted octanol–water partition coefficient (Wildman–Crippen LogP) is 6.03. The third kappa shape index (κ3) is 7.19. The van der Waals surface area contributed by atoms with E-state index in [1.165, 1.54) is 28.4 Å². The van der Waals surface area contributed by atoms with Crippen LogP contribution in [0.3, 0.4) is 0 Å². The Hall–Kier alpha value is -2.29. The highest BCUT2D eigenvalue weighted by Crippen LogP contribution is 2.40. The second-order valence-electron chi connectivity index (χ2n) is 5.70. The Bertz CT molecular complexity index is 754. The maximum atomic E-state index is 10.0. The van der Waals surface area contributed by atoms with E-state index in [4.69, 9.17) is 18.9 Å². The van der Waals surface area contributed by atoms with Gasteiger partial charge in [-0.2, -0.15) is 0 Å². The Morgan fingerprint density at radius 2 is 1.07 bits per heavy atom. The molecule has 0 aliphatic heterocycles. The van der Waals surface area contributed by atoms with Crippen molar-refractivity contribution in [2.24, 2.45) is 0 Å². The molecular weight excluding hydrogens is 499 g/mol. The first-order valence-electron chi connectivity index (χ1n) is 9.41. The number of phenols is 2. The van der Waals surface area contributed by atoms with Crippen LogP contribution in [0.4, 0.5) is 0 Å². The van der Waals surface area contributed by atoms with Gasteiger partial charge >= 0.3 is 0 Å². The number of hydrogen-bond acceptors (Lipinski definition) is 6. The van der Waals surface area contributed by atoms with E-state index in [0.29, 0.717) is 23.0 Å². The molecule has 0 radical (unpaired) electrons. The molecule has 6 nitrogen and oxygen atoms in total. The highest BCUT2D eigenvalue weighted by atomic mass is 127. The number of allylic oxidation sites excluding steroid dienone is 1. The summed E-state index contributed by atoms with van der Waals surface area (Å²) in [5.74, 6) is 1.34. The molecule has 0 saturated carbocycles. The van der Waals surface area contributed by atoms with E-state index in [1.807, 2.05) is 37.9 Å². The van der Waals surface area contributed by atoms with Crippen LogP contribution in [-0.4, -0.2) is 43.6 Å². The van der Waals surface area contributed by atoms with Crippen molar-refractivity contribution >= 4 is 28.7 Å². The summed E-state index contributed by atoms with van der Waals surface area (Å²) in [5.41, 5.74) is 1.74. The fraction of sp³-hybridized carbons (Fsp3) is 0.391. The number of alkyl halides is 1. The summed E-state index contributed by atoms with van der Waals surface area (Å²) in [5, 5.41) is 20.0. The average molecular weight is 532 g/mol. The highest BCUT2D eigenvalue weighted by Gasteiger charge is 2.14. The topological polar surface area (TPSA) is 77.4 Å². The van der Waals surface area contributed by atoms with Crippen molar-refractivity contribution in [2.75, 3.05) is 33.4 Å². The van der Waals surface area contributed by atoms with Gasteiger partial charge in [0.25, 0.3) is 0 Å². The molecule has 0 bridgehead atoms. The monoisotopic (exact) mass is 532 g/mol. The molecule has 7 heteroatoms. The van der Waals surface area contributed by atoms with E-state index in [-0.39, 0.29) is 17.4 Å². The van der Waals surface area contributed by atoms with Crippen LogP contribution < -0.4 is 18.9 Å². The quantitative estimate of drug-likeness (QED) is 0.335. The molecule has 2 aromatic carbocycles. The summed E-state index contributed by atoms with van der Waals surface area (Å²) in [7, 11) is 5.96. The summed E-state index contributed by atoms with van der Waals surface area (Å²) >= 11 is 2.15. The molecule has 30 heavy (non-hydrogen) atoms. The van der Waals surface area contributed by atoms with Gasteiger partial charge in [0.05, 0.1) is 28.4 Å². The summed E-state index contributed by atoms with van der Waals surface area (Å²) < 4.78 is 20.7. The van der Waals surface area contributed by atoms with E-state index in [1.54, 1.807) is 24.3 Å². The Morgan fingerprint density at radius 3 is 1.40 bits per heavy atom. The third-order valence-electron chi connectivity index (χ3n) is 4.11. The van der Waals surface area contributed by atoms with E-state index in [0.717, 1.165) is 11.1 Å². The highest BCUT2D eigenvalue weighted by molar-refractivity contribution is 14.1. The Labute approximate surface area is 193 Å². The largest absolute Gasteiger partial charge is 0.502 e. The fourth-order valence-electron chi connectivity index (χ4n) is 2.55. The maximum Gasteiger partial charge on any atom is 0.200 e. The van der Waals surface area contributed by atoms with Crippen molar-refractivity contribution in [1.29, 1.82) is 0 Å². The smallest absolute Gasteiger partial charge is 0.200 e. The number of halogens is 1. The number of phenolic OH excluding ortho intramolecular Hbond substituents is 2. The van der Waals surface area contributed by atoms with Crippen molar-refractivity contribution in [3.05, 3.63) is 41.5 Å². The molecule has 0 aliphatic rings.